The zero-order chi connectivity index (χ0) is 16.9. The molecule has 0 unspecified atom stereocenters. The van der Waals surface area contributed by atoms with E-state index in [0.29, 0.717) is 23.5 Å². The van der Waals surface area contributed by atoms with Gasteiger partial charge in [0.05, 0.1) is 5.75 Å². The topological polar surface area (TPSA) is 76.7 Å². The Morgan fingerprint density at radius 2 is 1.96 bits per heavy atom. The Morgan fingerprint density at radius 3 is 2.80 bits per heavy atom. The molecule has 8 heteroatoms. The van der Waals surface area contributed by atoms with Crippen molar-refractivity contribution in [2.45, 2.75) is 48.2 Å². The second-order valence-corrected chi connectivity index (χ2v) is 8.22. The lowest BCUT2D eigenvalue weighted by molar-refractivity contribution is 0.391. The van der Waals surface area contributed by atoms with Crippen LogP contribution in [-0.2, 0) is 5.75 Å². The van der Waals surface area contributed by atoms with Crippen molar-refractivity contribution < 1.29 is 4.52 Å². The summed E-state index contributed by atoms with van der Waals surface area (Å²) in [7, 11) is 0. The highest BCUT2D eigenvalue weighted by Gasteiger charge is 2.16. The van der Waals surface area contributed by atoms with Crippen molar-refractivity contribution in [3.8, 4) is 11.4 Å². The summed E-state index contributed by atoms with van der Waals surface area (Å²) in [5, 5.41) is 16.9. The minimum absolute atomic E-state index is 0.545. The second kappa shape index (κ2) is 7.97. The average molecular weight is 374 g/mol. The molecule has 3 aromatic rings. The van der Waals surface area contributed by atoms with Crippen LogP contribution >= 0.6 is 23.1 Å². The van der Waals surface area contributed by atoms with Crippen molar-refractivity contribution in [1.82, 2.24) is 20.3 Å². The second-order valence-electron chi connectivity index (χ2n) is 6.02. The van der Waals surface area contributed by atoms with Gasteiger partial charge in [-0.05, 0) is 12.8 Å². The van der Waals surface area contributed by atoms with Crippen LogP contribution in [0.25, 0.3) is 11.4 Å². The van der Waals surface area contributed by atoms with E-state index >= 15 is 0 Å². The molecule has 0 spiro atoms. The van der Waals surface area contributed by atoms with Crippen LogP contribution in [0.4, 0.5) is 5.13 Å². The zero-order valence-corrected chi connectivity index (χ0v) is 15.4. The van der Waals surface area contributed by atoms with Crippen LogP contribution in [0.1, 0.15) is 38.0 Å². The van der Waals surface area contributed by atoms with Crippen molar-refractivity contribution in [2.24, 2.45) is 0 Å². The molecule has 0 radical (unpaired) electrons. The van der Waals surface area contributed by atoms with Gasteiger partial charge < -0.3 is 9.84 Å². The SMILES string of the molecule is c1ccc(-c2noc(CSc3nnc(NC4CCCCC4)s3)n2)cc1. The normalized spacial score (nSPS) is 15.4. The Kier molecular flexibility index (Phi) is 5.27. The predicted molar refractivity (Wildman–Crippen MR) is 99.7 cm³/mol. The molecule has 2 heterocycles. The number of thioether (sulfide) groups is 1. The van der Waals surface area contributed by atoms with E-state index in [9.17, 15) is 0 Å². The number of hydrogen-bond donors (Lipinski definition) is 1. The molecule has 0 amide bonds. The van der Waals surface area contributed by atoms with E-state index in [1.807, 2.05) is 30.3 Å². The first-order chi connectivity index (χ1) is 12.4. The van der Waals surface area contributed by atoms with Gasteiger partial charge in [-0.1, -0.05) is 77.8 Å². The van der Waals surface area contributed by atoms with Gasteiger partial charge in [0.2, 0.25) is 16.8 Å². The number of benzene rings is 1. The van der Waals surface area contributed by atoms with E-state index in [2.05, 4.69) is 25.7 Å². The third-order valence-corrected chi connectivity index (χ3v) is 6.13. The smallest absolute Gasteiger partial charge is 0.237 e. The number of rotatable bonds is 6. The summed E-state index contributed by atoms with van der Waals surface area (Å²) in [5.74, 6) is 1.81. The lowest BCUT2D eigenvalue weighted by Crippen LogP contribution is -2.21. The maximum absolute atomic E-state index is 5.33. The summed E-state index contributed by atoms with van der Waals surface area (Å²) in [4.78, 5) is 4.44. The van der Waals surface area contributed by atoms with Gasteiger partial charge in [0.15, 0.2) is 4.34 Å². The Labute approximate surface area is 154 Å². The molecule has 0 bridgehead atoms. The largest absolute Gasteiger partial charge is 0.357 e. The van der Waals surface area contributed by atoms with Crippen molar-refractivity contribution in [3.63, 3.8) is 0 Å². The summed E-state index contributed by atoms with van der Waals surface area (Å²) in [6.07, 6.45) is 6.42. The Balaban J connectivity index is 1.32. The van der Waals surface area contributed by atoms with Gasteiger partial charge in [-0.25, -0.2) is 0 Å². The van der Waals surface area contributed by atoms with Crippen LogP contribution in [-0.4, -0.2) is 26.4 Å². The van der Waals surface area contributed by atoms with Gasteiger partial charge in [-0.15, -0.1) is 10.2 Å². The summed E-state index contributed by atoms with van der Waals surface area (Å²) in [5.41, 5.74) is 0.956. The van der Waals surface area contributed by atoms with Crippen LogP contribution in [0, 0.1) is 0 Å². The van der Waals surface area contributed by atoms with Crippen LogP contribution in [0.5, 0.6) is 0 Å². The highest BCUT2D eigenvalue weighted by molar-refractivity contribution is 8.00. The van der Waals surface area contributed by atoms with Crippen LogP contribution in [0.2, 0.25) is 0 Å². The molecule has 6 nitrogen and oxygen atoms in total. The fourth-order valence-electron chi connectivity index (χ4n) is 2.89. The molecule has 1 aromatic carbocycles. The molecule has 25 heavy (non-hydrogen) atoms. The Bertz CT molecular complexity index is 798. The molecule has 0 saturated heterocycles. The van der Waals surface area contributed by atoms with Crippen LogP contribution < -0.4 is 5.32 Å². The maximum Gasteiger partial charge on any atom is 0.237 e. The summed E-state index contributed by atoms with van der Waals surface area (Å²) < 4.78 is 6.24. The number of anilines is 1. The standard InChI is InChI=1S/C17H19N5OS2/c1-3-7-12(8-4-1)15-19-14(23-22-15)11-24-17-21-20-16(25-17)18-13-9-5-2-6-10-13/h1,3-4,7-8,13H,2,5-6,9-11H2,(H,18,20). The Hall–Kier alpha value is -1.93. The lowest BCUT2D eigenvalue weighted by Gasteiger charge is -2.21. The maximum atomic E-state index is 5.33. The highest BCUT2D eigenvalue weighted by Crippen LogP contribution is 2.30. The number of nitrogens with zero attached hydrogens (tertiary/aromatic N) is 4. The lowest BCUT2D eigenvalue weighted by atomic mass is 9.96. The molecule has 1 fully saturated rings. The van der Waals surface area contributed by atoms with Gasteiger partial charge in [0.1, 0.15) is 0 Å². The van der Waals surface area contributed by atoms with E-state index in [1.165, 1.54) is 32.1 Å². The van der Waals surface area contributed by atoms with E-state index in [-0.39, 0.29) is 0 Å². The summed E-state index contributed by atoms with van der Waals surface area (Å²) in [6, 6.07) is 10.4. The number of aromatic nitrogens is 4. The number of hydrogen-bond acceptors (Lipinski definition) is 8. The third kappa shape index (κ3) is 4.38. The van der Waals surface area contributed by atoms with Gasteiger partial charge in [-0.2, -0.15) is 4.98 Å². The van der Waals surface area contributed by atoms with Gasteiger partial charge >= 0.3 is 0 Å². The van der Waals surface area contributed by atoms with Crippen molar-refractivity contribution >= 4 is 28.2 Å². The molecule has 0 aliphatic heterocycles. The highest BCUT2D eigenvalue weighted by atomic mass is 32.2. The third-order valence-electron chi connectivity index (χ3n) is 4.16. The van der Waals surface area contributed by atoms with Gasteiger partial charge in [0.25, 0.3) is 0 Å². The van der Waals surface area contributed by atoms with E-state index in [0.717, 1.165) is 15.0 Å². The molecule has 0 atom stereocenters. The fourth-order valence-corrected chi connectivity index (χ4v) is 4.56. The van der Waals surface area contributed by atoms with Crippen molar-refractivity contribution in [3.05, 3.63) is 36.2 Å². The molecule has 1 aliphatic carbocycles. The molecular weight excluding hydrogens is 354 g/mol. The first-order valence-electron chi connectivity index (χ1n) is 8.48. The van der Waals surface area contributed by atoms with Crippen LogP contribution in [0.15, 0.2) is 39.2 Å². The molecule has 1 saturated carbocycles. The molecular formula is C17H19N5OS2. The first-order valence-corrected chi connectivity index (χ1v) is 10.3. The van der Waals surface area contributed by atoms with E-state index in [1.54, 1.807) is 23.1 Å². The number of nitrogens with one attached hydrogen (secondary N) is 1. The van der Waals surface area contributed by atoms with Gasteiger partial charge in [-0.3, -0.25) is 0 Å². The van der Waals surface area contributed by atoms with E-state index in [4.69, 9.17) is 4.52 Å². The molecule has 4 rings (SSSR count). The monoisotopic (exact) mass is 373 g/mol. The van der Waals surface area contributed by atoms with Crippen molar-refractivity contribution in [2.75, 3.05) is 5.32 Å². The minimum Gasteiger partial charge on any atom is -0.357 e. The molecule has 1 aliphatic rings. The molecule has 1 N–H and O–H groups in total. The van der Waals surface area contributed by atoms with E-state index < -0.39 is 0 Å². The summed E-state index contributed by atoms with van der Waals surface area (Å²) >= 11 is 3.16. The minimum atomic E-state index is 0.545. The van der Waals surface area contributed by atoms with Crippen molar-refractivity contribution in [1.29, 1.82) is 0 Å². The molecule has 2 aromatic heterocycles. The van der Waals surface area contributed by atoms with Gasteiger partial charge in [0, 0.05) is 11.6 Å². The average Bonchev–Trinajstić information content (AvgIpc) is 3.31. The Morgan fingerprint density at radius 1 is 1.12 bits per heavy atom. The van der Waals surface area contributed by atoms with Crippen LogP contribution in [0.3, 0.4) is 0 Å². The summed E-state index contributed by atoms with van der Waals surface area (Å²) in [6.45, 7) is 0. The quantitative estimate of drug-likeness (QED) is 0.631. The first kappa shape index (κ1) is 16.5. The zero-order valence-electron chi connectivity index (χ0n) is 13.7. The fraction of sp³-hybridized carbons (Fsp3) is 0.412. The predicted octanol–water partition coefficient (Wildman–Crippen LogP) is 4.63. The molecule has 130 valence electrons.